The van der Waals surface area contributed by atoms with Crippen molar-refractivity contribution in [3.05, 3.63) is 222 Å². The number of hydrogen-bond acceptors (Lipinski definition) is 1. The van der Waals surface area contributed by atoms with Crippen LogP contribution in [-0.2, 0) is 5.41 Å². The number of allylic oxidation sites excluding steroid dienone is 4. The molecule has 3 aliphatic rings. The van der Waals surface area contributed by atoms with Gasteiger partial charge in [-0.05, 0) is 73.3 Å². The summed E-state index contributed by atoms with van der Waals surface area (Å²) >= 11 is 0. The number of rotatable bonds is 4. The molecular formula is C51H35N. The predicted octanol–water partition coefficient (Wildman–Crippen LogP) is 13.3. The fraction of sp³-hybridized carbons (Fsp3) is 0.0588. The van der Waals surface area contributed by atoms with Gasteiger partial charge < -0.3 is 4.90 Å². The van der Waals surface area contributed by atoms with Gasteiger partial charge in [0.25, 0.3) is 0 Å². The van der Waals surface area contributed by atoms with Crippen LogP contribution in [0.25, 0.3) is 43.8 Å². The van der Waals surface area contributed by atoms with Gasteiger partial charge in [0.1, 0.15) is 0 Å². The van der Waals surface area contributed by atoms with E-state index in [1.807, 2.05) is 0 Å². The molecule has 8 aromatic carbocycles. The molecule has 52 heavy (non-hydrogen) atoms. The van der Waals surface area contributed by atoms with Crippen molar-refractivity contribution in [1.82, 2.24) is 0 Å². The molecule has 8 aromatic rings. The first-order chi connectivity index (χ1) is 25.8. The van der Waals surface area contributed by atoms with E-state index < -0.39 is 0 Å². The van der Waals surface area contributed by atoms with Crippen LogP contribution in [0.15, 0.2) is 200 Å². The van der Waals surface area contributed by atoms with Crippen LogP contribution in [-0.4, -0.2) is 0 Å². The Morgan fingerprint density at radius 1 is 0.404 bits per heavy atom. The van der Waals surface area contributed by atoms with Gasteiger partial charge in [-0.1, -0.05) is 182 Å². The van der Waals surface area contributed by atoms with E-state index in [2.05, 4.69) is 205 Å². The van der Waals surface area contributed by atoms with Gasteiger partial charge in [0.15, 0.2) is 0 Å². The molecule has 11 rings (SSSR count). The summed E-state index contributed by atoms with van der Waals surface area (Å²) in [5.74, 6) is 0.423. The van der Waals surface area contributed by atoms with Crippen molar-refractivity contribution in [2.24, 2.45) is 5.92 Å². The van der Waals surface area contributed by atoms with Crippen molar-refractivity contribution in [2.75, 3.05) is 4.90 Å². The van der Waals surface area contributed by atoms with E-state index in [-0.39, 0.29) is 17.3 Å². The maximum absolute atomic E-state index is 2.59. The van der Waals surface area contributed by atoms with Crippen LogP contribution >= 0.6 is 0 Å². The van der Waals surface area contributed by atoms with Crippen LogP contribution in [0, 0.1) is 5.92 Å². The van der Waals surface area contributed by atoms with Gasteiger partial charge in [-0.15, -0.1) is 0 Å². The lowest BCUT2D eigenvalue weighted by Crippen LogP contribution is -2.32. The third-order valence-electron chi connectivity index (χ3n) is 11.9. The lowest BCUT2D eigenvalue weighted by atomic mass is 9.65. The van der Waals surface area contributed by atoms with Crippen molar-refractivity contribution in [3.63, 3.8) is 0 Å². The Morgan fingerprint density at radius 2 is 0.981 bits per heavy atom. The van der Waals surface area contributed by atoms with Gasteiger partial charge in [-0.3, -0.25) is 0 Å². The summed E-state index contributed by atoms with van der Waals surface area (Å²) in [4.78, 5) is 2.59. The molecule has 0 bridgehead atoms. The molecule has 0 fully saturated rings. The highest BCUT2D eigenvalue weighted by Gasteiger charge is 2.57. The molecule has 0 saturated heterocycles. The van der Waals surface area contributed by atoms with Crippen molar-refractivity contribution in [1.29, 1.82) is 0 Å². The highest BCUT2D eigenvalue weighted by molar-refractivity contribution is 6.08. The molecule has 2 unspecified atom stereocenters. The summed E-state index contributed by atoms with van der Waals surface area (Å²) in [7, 11) is 0. The minimum absolute atomic E-state index is 0.188. The Hall–Kier alpha value is -6.44. The standard InChI is InChI=1S/C51H35N/c1-2-18-36(19-3-1)49-38-22-7-5-17-35(38)32-33-48(49)52(46-30-14-20-34-16-4-6-21-37(34)46)47-31-15-29-45-50(47)41-25-10-13-28-44(41)51(45)42-26-11-8-23-39(42)40-24-9-12-27-43(40)51/h1-33,41,44H. The first-order valence-electron chi connectivity index (χ1n) is 18.4. The van der Waals surface area contributed by atoms with E-state index in [1.165, 1.54) is 83.1 Å². The molecule has 0 amide bonds. The quantitative estimate of drug-likeness (QED) is 0.181. The van der Waals surface area contributed by atoms with Gasteiger partial charge >= 0.3 is 0 Å². The maximum atomic E-state index is 2.59. The zero-order valence-corrected chi connectivity index (χ0v) is 28.7. The summed E-state index contributed by atoms with van der Waals surface area (Å²) in [6.07, 6.45) is 9.49. The van der Waals surface area contributed by atoms with Crippen molar-refractivity contribution in [3.8, 4) is 22.3 Å². The van der Waals surface area contributed by atoms with Gasteiger partial charge in [0.05, 0.1) is 22.5 Å². The van der Waals surface area contributed by atoms with E-state index in [4.69, 9.17) is 0 Å². The second kappa shape index (κ2) is 11.3. The maximum Gasteiger partial charge on any atom is 0.0546 e. The molecule has 1 nitrogen and oxygen atoms in total. The van der Waals surface area contributed by atoms with Gasteiger partial charge in [0.2, 0.25) is 0 Å². The van der Waals surface area contributed by atoms with Crippen molar-refractivity contribution >= 4 is 38.6 Å². The topological polar surface area (TPSA) is 3.24 Å². The van der Waals surface area contributed by atoms with E-state index in [0.717, 1.165) is 0 Å². The van der Waals surface area contributed by atoms with Crippen molar-refractivity contribution in [2.45, 2.75) is 11.3 Å². The highest BCUT2D eigenvalue weighted by atomic mass is 15.2. The molecular weight excluding hydrogens is 627 g/mol. The first kappa shape index (κ1) is 29.3. The number of fused-ring (bicyclic) bond motifs is 12. The van der Waals surface area contributed by atoms with Crippen molar-refractivity contribution < 1.29 is 0 Å². The molecule has 244 valence electrons. The van der Waals surface area contributed by atoms with Gasteiger partial charge in [-0.2, -0.15) is 0 Å². The Kier molecular flexibility index (Phi) is 6.36. The molecule has 0 heterocycles. The molecule has 1 heteroatoms. The Labute approximate surface area is 304 Å². The summed E-state index contributed by atoms with van der Waals surface area (Å²) in [6, 6.07) is 65.4. The van der Waals surface area contributed by atoms with E-state index >= 15 is 0 Å². The predicted molar refractivity (Wildman–Crippen MR) is 218 cm³/mol. The monoisotopic (exact) mass is 661 g/mol. The number of nitrogens with zero attached hydrogens (tertiary/aromatic N) is 1. The molecule has 1 spiro atoms. The Morgan fingerprint density at radius 3 is 1.77 bits per heavy atom. The zero-order valence-electron chi connectivity index (χ0n) is 28.7. The average molecular weight is 662 g/mol. The number of anilines is 3. The summed E-state index contributed by atoms with van der Waals surface area (Å²) in [5.41, 5.74) is 14.1. The molecule has 0 aliphatic heterocycles. The largest absolute Gasteiger partial charge is 0.309 e. The molecule has 0 aromatic heterocycles. The van der Waals surface area contributed by atoms with Crippen LogP contribution in [0.1, 0.15) is 28.2 Å². The van der Waals surface area contributed by atoms with Gasteiger partial charge in [0, 0.05) is 22.8 Å². The lowest BCUT2D eigenvalue weighted by molar-refractivity contribution is 0.465. The molecule has 3 aliphatic carbocycles. The number of benzene rings is 8. The first-order valence-corrected chi connectivity index (χ1v) is 18.4. The third-order valence-corrected chi connectivity index (χ3v) is 11.9. The number of hydrogen-bond donors (Lipinski definition) is 0. The van der Waals surface area contributed by atoms with E-state index in [9.17, 15) is 0 Å². The normalized spacial score (nSPS) is 17.2. The van der Waals surface area contributed by atoms with E-state index in [0.29, 0.717) is 0 Å². The summed E-state index contributed by atoms with van der Waals surface area (Å²) < 4.78 is 0. The summed E-state index contributed by atoms with van der Waals surface area (Å²) in [6.45, 7) is 0. The van der Waals surface area contributed by atoms with Crippen LogP contribution in [0.2, 0.25) is 0 Å². The third kappa shape index (κ3) is 3.94. The van der Waals surface area contributed by atoms with Crippen LogP contribution in [0.5, 0.6) is 0 Å². The second-order valence-corrected chi connectivity index (χ2v) is 14.3. The molecule has 0 saturated carbocycles. The van der Waals surface area contributed by atoms with Gasteiger partial charge in [-0.25, -0.2) is 0 Å². The Bertz CT molecular complexity index is 2720. The fourth-order valence-corrected chi connectivity index (χ4v) is 9.98. The summed E-state index contributed by atoms with van der Waals surface area (Å²) in [5, 5.41) is 4.94. The lowest BCUT2D eigenvalue weighted by Gasteiger charge is -2.36. The van der Waals surface area contributed by atoms with Crippen LogP contribution < -0.4 is 4.90 Å². The Balaban J connectivity index is 1.28. The molecule has 0 radical (unpaired) electrons. The van der Waals surface area contributed by atoms with Crippen LogP contribution in [0.4, 0.5) is 17.1 Å². The zero-order chi connectivity index (χ0) is 34.2. The smallest absolute Gasteiger partial charge is 0.0546 e. The molecule has 2 atom stereocenters. The minimum Gasteiger partial charge on any atom is -0.309 e. The highest BCUT2D eigenvalue weighted by Crippen LogP contribution is 2.67. The second-order valence-electron chi connectivity index (χ2n) is 14.3. The van der Waals surface area contributed by atoms with E-state index in [1.54, 1.807) is 0 Å². The fourth-order valence-electron chi connectivity index (χ4n) is 9.98. The minimum atomic E-state index is -0.305. The van der Waals surface area contributed by atoms with Crippen LogP contribution in [0.3, 0.4) is 0 Å². The average Bonchev–Trinajstić information content (AvgIpc) is 3.69. The molecule has 0 N–H and O–H groups in total. The SMILES string of the molecule is C1=CC2c3c(N(c4ccc5ccccc5c4-c4ccccc4)c4cccc5ccccc45)cccc3C3(c4ccccc4-c4ccccc43)C2C=C1.